The van der Waals surface area contributed by atoms with E-state index in [-0.39, 0.29) is 5.56 Å². The molecule has 0 aliphatic carbocycles. The number of hydrogen-bond acceptors (Lipinski definition) is 5. The highest BCUT2D eigenvalue weighted by molar-refractivity contribution is 5.82. The van der Waals surface area contributed by atoms with Gasteiger partial charge in [-0.1, -0.05) is 5.16 Å². The SMILES string of the molecule is O=Cc1cc(-c2cc(-c3ccc(N4CCCC4)cc3)on2)cc(F)c1O. The van der Waals surface area contributed by atoms with E-state index in [1.54, 1.807) is 6.07 Å². The predicted molar refractivity (Wildman–Crippen MR) is 95.8 cm³/mol. The van der Waals surface area contributed by atoms with Crippen LogP contribution in [0.1, 0.15) is 23.2 Å². The summed E-state index contributed by atoms with van der Waals surface area (Å²) in [6.45, 7) is 2.16. The van der Waals surface area contributed by atoms with Crippen molar-refractivity contribution >= 4 is 12.0 Å². The average Bonchev–Trinajstić information content (AvgIpc) is 3.36. The predicted octanol–water partition coefficient (Wildman–Crippen LogP) is 4.27. The van der Waals surface area contributed by atoms with Crippen LogP contribution in [0.3, 0.4) is 0 Å². The summed E-state index contributed by atoms with van der Waals surface area (Å²) in [4.78, 5) is 13.3. The summed E-state index contributed by atoms with van der Waals surface area (Å²) >= 11 is 0. The third-order valence-corrected chi connectivity index (χ3v) is 4.65. The molecule has 1 aliphatic heterocycles. The number of aromatic hydroxyl groups is 1. The minimum atomic E-state index is -0.871. The smallest absolute Gasteiger partial charge is 0.167 e. The molecule has 3 aromatic rings. The maximum Gasteiger partial charge on any atom is 0.167 e. The van der Waals surface area contributed by atoms with Crippen LogP contribution in [0.5, 0.6) is 5.75 Å². The van der Waals surface area contributed by atoms with Crippen LogP contribution in [0.2, 0.25) is 0 Å². The van der Waals surface area contributed by atoms with E-state index in [9.17, 15) is 14.3 Å². The van der Waals surface area contributed by atoms with Crippen LogP contribution in [-0.4, -0.2) is 29.6 Å². The zero-order valence-electron chi connectivity index (χ0n) is 14.0. The molecule has 0 amide bonds. The van der Waals surface area contributed by atoms with Crippen molar-refractivity contribution in [1.29, 1.82) is 0 Å². The lowest BCUT2D eigenvalue weighted by Gasteiger charge is -2.17. The van der Waals surface area contributed by atoms with E-state index in [1.165, 1.54) is 24.6 Å². The quantitative estimate of drug-likeness (QED) is 0.711. The number of phenols is 1. The topological polar surface area (TPSA) is 66.6 Å². The Hall–Kier alpha value is -3.15. The molecule has 2 heterocycles. The molecule has 0 bridgehead atoms. The molecule has 1 N–H and O–H groups in total. The fourth-order valence-corrected chi connectivity index (χ4v) is 3.22. The third kappa shape index (κ3) is 2.94. The molecule has 0 radical (unpaired) electrons. The first-order chi connectivity index (χ1) is 12.7. The van der Waals surface area contributed by atoms with Crippen LogP contribution in [0, 0.1) is 5.82 Å². The molecule has 6 heteroatoms. The normalized spacial score (nSPS) is 14.0. The van der Waals surface area contributed by atoms with E-state index in [4.69, 9.17) is 4.52 Å². The van der Waals surface area contributed by atoms with Crippen LogP contribution in [-0.2, 0) is 0 Å². The van der Waals surface area contributed by atoms with Crippen molar-refractivity contribution in [3.8, 4) is 28.3 Å². The van der Waals surface area contributed by atoms with Crippen molar-refractivity contribution in [2.75, 3.05) is 18.0 Å². The van der Waals surface area contributed by atoms with Crippen LogP contribution in [0.25, 0.3) is 22.6 Å². The van der Waals surface area contributed by atoms with Gasteiger partial charge in [-0.25, -0.2) is 4.39 Å². The molecular formula is C20H17FN2O3. The first-order valence-electron chi connectivity index (χ1n) is 8.46. The number of carbonyl (C=O) groups is 1. The molecule has 1 fully saturated rings. The number of halogens is 1. The molecule has 0 spiro atoms. The standard InChI is InChI=1S/C20H17FN2O3/c21-17-10-14(9-15(12-24)20(17)25)18-11-19(26-22-18)13-3-5-16(6-4-13)23-7-1-2-8-23/h3-6,9-12,25H,1-2,7-8H2. The van der Waals surface area contributed by atoms with Crippen molar-refractivity contribution in [3.63, 3.8) is 0 Å². The molecule has 0 saturated carbocycles. The van der Waals surface area contributed by atoms with Gasteiger partial charge in [0.05, 0.1) is 5.56 Å². The Morgan fingerprint density at radius 1 is 1.08 bits per heavy atom. The molecule has 0 unspecified atom stereocenters. The van der Waals surface area contributed by atoms with Gasteiger partial charge in [-0.3, -0.25) is 4.79 Å². The lowest BCUT2D eigenvalue weighted by atomic mass is 10.1. The monoisotopic (exact) mass is 352 g/mol. The second kappa shape index (κ2) is 6.63. The second-order valence-electron chi connectivity index (χ2n) is 6.33. The average molecular weight is 352 g/mol. The minimum absolute atomic E-state index is 0.125. The maximum atomic E-state index is 13.8. The summed E-state index contributed by atoms with van der Waals surface area (Å²) in [7, 11) is 0. The van der Waals surface area contributed by atoms with Gasteiger partial charge in [0.15, 0.2) is 23.6 Å². The highest BCUT2D eigenvalue weighted by atomic mass is 19.1. The van der Waals surface area contributed by atoms with E-state index in [2.05, 4.69) is 10.1 Å². The summed E-state index contributed by atoms with van der Waals surface area (Å²) in [5.74, 6) is -0.983. The Morgan fingerprint density at radius 3 is 2.50 bits per heavy atom. The molecule has 2 aromatic carbocycles. The van der Waals surface area contributed by atoms with Gasteiger partial charge < -0.3 is 14.5 Å². The summed E-state index contributed by atoms with van der Waals surface area (Å²) in [5, 5.41) is 13.5. The summed E-state index contributed by atoms with van der Waals surface area (Å²) < 4.78 is 19.1. The number of benzene rings is 2. The lowest BCUT2D eigenvalue weighted by molar-refractivity contribution is 0.112. The number of aromatic nitrogens is 1. The van der Waals surface area contributed by atoms with Gasteiger partial charge in [0.2, 0.25) is 0 Å². The maximum absolute atomic E-state index is 13.8. The number of anilines is 1. The Morgan fingerprint density at radius 2 is 1.81 bits per heavy atom. The van der Waals surface area contributed by atoms with Gasteiger partial charge in [0.25, 0.3) is 0 Å². The summed E-state index contributed by atoms with van der Waals surface area (Å²) in [5.41, 5.74) is 2.68. The zero-order valence-corrected chi connectivity index (χ0v) is 14.0. The Kier molecular flexibility index (Phi) is 4.16. The molecule has 0 atom stereocenters. The van der Waals surface area contributed by atoms with E-state index in [1.807, 2.05) is 24.3 Å². The van der Waals surface area contributed by atoms with Gasteiger partial charge in [-0.15, -0.1) is 0 Å². The van der Waals surface area contributed by atoms with Crippen LogP contribution in [0.4, 0.5) is 10.1 Å². The highest BCUT2D eigenvalue weighted by Crippen LogP contribution is 2.31. The van der Waals surface area contributed by atoms with Gasteiger partial charge >= 0.3 is 0 Å². The Bertz CT molecular complexity index is 944. The van der Waals surface area contributed by atoms with Crippen LogP contribution >= 0.6 is 0 Å². The van der Waals surface area contributed by atoms with Crippen LogP contribution in [0.15, 0.2) is 47.0 Å². The largest absolute Gasteiger partial charge is 0.504 e. The van der Waals surface area contributed by atoms with E-state index >= 15 is 0 Å². The van der Waals surface area contributed by atoms with Crippen molar-refractivity contribution in [2.24, 2.45) is 0 Å². The van der Waals surface area contributed by atoms with Gasteiger partial charge in [0, 0.05) is 36.0 Å². The Labute approximate surface area is 149 Å². The first kappa shape index (κ1) is 16.3. The van der Waals surface area contributed by atoms with Gasteiger partial charge in [-0.2, -0.15) is 0 Å². The van der Waals surface area contributed by atoms with Crippen molar-refractivity contribution in [2.45, 2.75) is 12.8 Å². The summed E-state index contributed by atoms with van der Waals surface area (Å²) in [6.07, 6.45) is 2.85. The molecule has 1 saturated heterocycles. The zero-order chi connectivity index (χ0) is 18.1. The number of rotatable bonds is 4. The van der Waals surface area contributed by atoms with Gasteiger partial charge in [-0.05, 0) is 49.2 Å². The fraction of sp³-hybridized carbons (Fsp3) is 0.200. The fourth-order valence-electron chi connectivity index (χ4n) is 3.22. The lowest BCUT2D eigenvalue weighted by Crippen LogP contribution is -2.17. The summed E-state index contributed by atoms with van der Waals surface area (Å²) in [6, 6.07) is 12.2. The van der Waals surface area contributed by atoms with Crippen molar-refractivity contribution < 1.29 is 18.8 Å². The molecule has 132 valence electrons. The van der Waals surface area contributed by atoms with E-state index in [0.29, 0.717) is 23.3 Å². The molecule has 1 aromatic heterocycles. The Balaban J connectivity index is 1.62. The van der Waals surface area contributed by atoms with E-state index in [0.717, 1.165) is 24.7 Å². The first-order valence-corrected chi connectivity index (χ1v) is 8.46. The number of nitrogens with zero attached hydrogens (tertiary/aromatic N) is 2. The molecule has 1 aliphatic rings. The van der Waals surface area contributed by atoms with Crippen molar-refractivity contribution in [1.82, 2.24) is 5.16 Å². The third-order valence-electron chi connectivity index (χ3n) is 4.65. The molecule has 4 rings (SSSR count). The molecule has 26 heavy (non-hydrogen) atoms. The van der Waals surface area contributed by atoms with Gasteiger partial charge in [0.1, 0.15) is 5.69 Å². The van der Waals surface area contributed by atoms with E-state index < -0.39 is 11.6 Å². The highest BCUT2D eigenvalue weighted by Gasteiger charge is 2.15. The minimum Gasteiger partial charge on any atom is -0.504 e. The number of aldehydes is 1. The van der Waals surface area contributed by atoms with Crippen LogP contribution < -0.4 is 4.90 Å². The molecule has 5 nitrogen and oxygen atoms in total. The number of carbonyl (C=O) groups excluding carboxylic acids is 1. The van der Waals surface area contributed by atoms with Crippen molar-refractivity contribution in [3.05, 3.63) is 53.8 Å². The second-order valence-corrected chi connectivity index (χ2v) is 6.33. The number of hydrogen-bond donors (Lipinski definition) is 1. The molecular weight excluding hydrogens is 335 g/mol. The number of phenolic OH excluding ortho intramolecular Hbond substituents is 1.